The molecule has 1 aromatic carbocycles. The van der Waals surface area contributed by atoms with Gasteiger partial charge in [-0.15, -0.1) is 0 Å². The van der Waals surface area contributed by atoms with E-state index >= 15 is 0 Å². The molecule has 2 saturated heterocycles. The predicted molar refractivity (Wildman–Crippen MR) is 78.9 cm³/mol. The van der Waals surface area contributed by atoms with Gasteiger partial charge in [-0.25, -0.2) is 17.2 Å². The lowest BCUT2D eigenvalue weighted by atomic mass is 9.78. The zero-order chi connectivity index (χ0) is 16.0. The van der Waals surface area contributed by atoms with Crippen LogP contribution in [0.2, 0.25) is 0 Å². The maximum atomic E-state index is 13.8. The molecular formula is C15H20F2N2O2S. The molecule has 0 aromatic heterocycles. The maximum Gasteiger partial charge on any atom is 0.248 e. The van der Waals surface area contributed by atoms with E-state index in [0.717, 1.165) is 44.5 Å². The van der Waals surface area contributed by atoms with Gasteiger partial charge in [-0.05, 0) is 56.9 Å². The van der Waals surface area contributed by atoms with Crippen LogP contribution in [0.1, 0.15) is 19.3 Å². The zero-order valence-electron chi connectivity index (χ0n) is 12.6. The van der Waals surface area contributed by atoms with E-state index in [1.165, 1.54) is 10.4 Å². The molecule has 0 atom stereocenters. The number of benzene rings is 1. The van der Waals surface area contributed by atoms with Crippen molar-refractivity contribution in [2.45, 2.75) is 24.2 Å². The molecule has 2 heterocycles. The Morgan fingerprint density at radius 1 is 1.05 bits per heavy atom. The third kappa shape index (κ3) is 2.66. The van der Waals surface area contributed by atoms with Crippen molar-refractivity contribution in [3.63, 3.8) is 0 Å². The van der Waals surface area contributed by atoms with Gasteiger partial charge in [-0.1, -0.05) is 6.07 Å². The third-order valence-corrected chi connectivity index (χ3v) is 6.87. The van der Waals surface area contributed by atoms with E-state index < -0.39 is 26.6 Å². The van der Waals surface area contributed by atoms with Crippen LogP contribution in [0.3, 0.4) is 0 Å². The van der Waals surface area contributed by atoms with Gasteiger partial charge >= 0.3 is 0 Å². The van der Waals surface area contributed by atoms with Gasteiger partial charge in [0.05, 0.1) is 0 Å². The fraction of sp³-hybridized carbons (Fsp3) is 0.600. The fourth-order valence-electron chi connectivity index (χ4n) is 3.46. The number of halogens is 2. The molecule has 2 aliphatic heterocycles. The van der Waals surface area contributed by atoms with Gasteiger partial charge in [-0.2, -0.15) is 4.31 Å². The number of hydrogen-bond acceptors (Lipinski definition) is 3. The second-order valence-corrected chi connectivity index (χ2v) is 8.32. The van der Waals surface area contributed by atoms with Crippen LogP contribution in [-0.2, 0) is 10.0 Å². The number of likely N-dealkylation sites (tertiary alicyclic amines) is 1. The van der Waals surface area contributed by atoms with Crippen LogP contribution in [0.4, 0.5) is 8.78 Å². The summed E-state index contributed by atoms with van der Waals surface area (Å²) >= 11 is 0. The average Bonchev–Trinajstić information content (AvgIpc) is 2.87. The lowest BCUT2D eigenvalue weighted by Crippen LogP contribution is -2.40. The fourth-order valence-corrected chi connectivity index (χ4v) is 5.12. The second kappa shape index (κ2) is 5.54. The van der Waals surface area contributed by atoms with Gasteiger partial charge in [0.2, 0.25) is 10.0 Å². The molecule has 0 radical (unpaired) electrons. The summed E-state index contributed by atoms with van der Waals surface area (Å²) in [6.07, 6.45) is 2.61. The summed E-state index contributed by atoms with van der Waals surface area (Å²) in [6, 6.07) is 3.14. The van der Waals surface area contributed by atoms with Crippen LogP contribution in [0.5, 0.6) is 0 Å². The van der Waals surface area contributed by atoms with E-state index in [4.69, 9.17) is 0 Å². The number of piperidine rings is 1. The molecular weight excluding hydrogens is 310 g/mol. The number of nitrogens with zero attached hydrogens (tertiary/aromatic N) is 2. The van der Waals surface area contributed by atoms with E-state index in [1.54, 1.807) is 0 Å². The summed E-state index contributed by atoms with van der Waals surface area (Å²) < 4.78 is 54.1. The third-order valence-electron chi connectivity index (χ3n) is 4.97. The first kappa shape index (κ1) is 15.8. The average molecular weight is 330 g/mol. The molecule has 0 aliphatic carbocycles. The largest absolute Gasteiger partial charge is 0.306 e. The van der Waals surface area contributed by atoms with Crippen molar-refractivity contribution in [2.75, 3.05) is 33.2 Å². The number of hydrogen-bond donors (Lipinski definition) is 0. The van der Waals surface area contributed by atoms with Gasteiger partial charge in [0.25, 0.3) is 0 Å². The van der Waals surface area contributed by atoms with Crippen LogP contribution in [0, 0.1) is 17.0 Å². The standard InChI is InChI=1S/C15H20F2N2O2S/c1-18-8-5-15(6-9-18)7-10-19(11-15)22(20,21)14-12(16)3-2-4-13(14)17/h2-4H,5-11H2,1H3. The normalized spacial score (nSPS) is 23.2. The van der Waals surface area contributed by atoms with E-state index in [-0.39, 0.29) is 5.41 Å². The summed E-state index contributed by atoms with van der Waals surface area (Å²) in [5, 5.41) is 0. The lowest BCUT2D eigenvalue weighted by molar-refractivity contribution is 0.134. The summed E-state index contributed by atoms with van der Waals surface area (Å²) in [5.41, 5.74) is -0.0404. The van der Waals surface area contributed by atoms with Crippen LogP contribution >= 0.6 is 0 Å². The number of rotatable bonds is 2. The van der Waals surface area contributed by atoms with Crippen molar-refractivity contribution in [2.24, 2.45) is 5.41 Å². The van der Waals surface area contributed by atoms with E-state index in [0.29, 0.717) is 13.1 Å². The molecule has 0 N–H and O–H groups in total. The minimum absolute atomic E-state index is 0.0404. The second-order valence-electron chi connectivity index (χ2n) is 6.44. The highest BCUT2D eigenvalue weighted by molar-refractivity contribution is 7.89. The Labute approximate surface area is 129 Å². The van der Waals surface area contributed by atoms with Gasteiger partial charge in [0.15, 0.2) is 4.90 Å². The topological polar surface area (TPSA) is 40.6 Å². The summed E-state index contributed by atoms with van der Waals surface area (Å²) in [6.45, 7) is 2.56. The van der Waals surface area contributed by atoms with E-state index in [1.807, 2.05) is 7.05 Å². The minimum Gasteiger partial charge on any atom is -0.306 e. The first-order valence-corrected chi connectivity index (χ1v) is 8.91. The van der Waals surface area contributed by atoms with Gasteiger partial charge in [0.1, 0.15) is 11.6 Å². The Kier molecular flexibility index (Phi) is 3.99. The molecule has 2 fully saturated rings. The Morgan fingerprint density at radius 3 is 2.18 bits per heavy atom. The molecule has 1 spiro atoms. The number of sulfonamides is 1. The van der Waals surface area contributed by atoms with Crippen molar-refractivity contribution in [3.05, 3.63) is 29.8 Å². The molecule has 0 unspecified atom stereocenters. The Hall–Kier alpha value is -1.05. The molecule has 3 rings (SSSR count). The summed E-state index contributed by atoms with van der Waals surface area (Å²) in [5.74, 6) is -2.05. The molecule has 0 amide bonds. The molecule has 7 heteroatoms. The van der Waals surface area contributed by atoms with Gasteiger partial charge in [0, 0.05) is 13.1 Å². The Balaban J connectivity index is 1.86. The molecule has 2 aliphatic rings. The monoisotopic (exact) mass is 330 g/mol. The first-order valence-electron chi connectivity index (χ1n) is 7.47. The van der Waals surface area contributed by atoms with E-state index in [9.17, 15) is 17.2 Å². The maximum absolute atomic E-state index is 13.8. The van der Waals surface area contributed by atoms with E-state index in [2.05, 4.69) is 4.90 Å². The minimum atomic E-state index is -4.12. The highest BCUT2D eigenvalue weighted by Crippen LogP contribution is 2.42. The smallest absolute Gasteiger partial charge is 0.248 e. The SMILES string of the molecule is CN1CCC2(CC1)CCN(S(=O)(=O)c1c(F)cccc1F)C2. The lowest BCUT2D eigenvalue weighted by Gasteiger charge is -2.37. The highest BCUT2D eigenvalue weighted by Gasteiger charge is 2.45. The predicted octanol–water partition coefficient (Wildman–Crippen LogP) is 2.07. The molecule has 0 bridgehead atoms. The van der Waals surface area contributed by atoms with Crippen LogP contribution in [0.15, 0.2) is 23.1 Å². The first-order chi connectivity index (χ1) is 10.3. The molecule has 1 aromatic rings. The van der Waals surface area contributed by atoms with Crippen molar-refractivity contribution in [1.82, 2.24) is 9.21 Å². The highest BCUT2D eigenvalue weighted by atomic mass is 32.2. The van der Waals surface area contributed by atoms with Crippen molar-refractivity contribution in [3.8, 4) is 0 Å². The Morgan fingerprint density at radius 2 is 1.59 bits per heavy atom. The molecule has 0 saturated carbocycles. The summed E-state index contributed by atoms with van der Waals surface area (Å²) in [7, 11) is -2.07. The zero-order valence-corrected chi connectivity index (χ0v) is 13.4. The van der Waals surface area contributed by atoms with Crippen molar-refractivity contribution >= 4 is 10.0 Å². The molecule has 122 valence electrons. The molecule has 4 nitrogen and oxygen atoms in total. The van der Waals surface area contributed by atoms with Crippen LogP contribution < -0.4 is 0 Å². The van der Waals surface area contributed by atoms with Crippen molar-refractivity contribution < 1.29 is 17.2 Å². The quantitative estimate of drug-likeness (QED) is 0.833. The van der Waals surface area contributed by atoms with Crippen LogP contribution in [0.25, 0.3) is 0 Å². The van der Waals surface area contributed by atoms with Crippen molar-refractivity contribution in [1.29, 1.82) is 0 Å². The Bertz CT molecular complexity index is 650. The van der Waals surface area contributed by atoms with Gasteiger partial charge in [-0.3, -0.25) is 0 Å². The summed E-state index contributed by atoms with van der Waals surface area (Å²) in [4.78, 5) is 1.40. The molecule has 22 heavy (non-hydrogen) atoms. The van der Waals surface area contributed by atoms with Crippen LogP contribution in [-0.4, -0.2) is 50.8 Å². The van der Waals surface area contributed by atoms with Gasteiger partial charge < -0.3 is 4.90 Å².